The molecule has 0 aliphatic carbocycles. The molecule has 12 heteroatoms. The summed E-state index contributed by atoms with van der Waals surface area (Å²) in [4.78, 5) is 54.9. The number of anilines is 2. The van der Waals surface area contributed by atoms with Crippen molar-refractivity contribution in [3.63, 3.8) is 0 Å². The topological polar surface area (TPSA) is 133 Å². The van der Waals surface area contributed by atoms with E-state index < -0.39 is 27.7 Å². The second-order valence-electron chi connectivity index (χ2n) is 8.15. The molecule has 3 aliphatic rings. The molecule has 3 fully saturated rings. The Balaban J connectivity index is 1.63. The molecule has 0 N–H and O–H groups in total. The van der Waals surface area contributed by atoms with E-state index in [4.69, 9.17) is 0 Å². The second-order valence-corrected chi connectivity index (χ2v) is 8.15. The number of nitro groups is 2. The highest BCUT2D eigenvalue weighted by atomic mass is 16.6. The Morgan fingerprint density at radius 2 is 1.27 bits per heavy atom. The molecule has 3 heterocycles. The molecule has 5 rings (SSSR count). The van der Waals surface area contributed by atoms with E-state index in [1.165, 1.54) is 53.4 Å². The Kier molecular flexibility index (Phi) is 4.74. The summed E-state index contributed by atoms with van der Waals surface area (Å²) in [5.41, 5.74) is 0.392. The van der Waals surface area contributed by atoms with Crippen LogP contribution in [0.1, 0.15) is 19.3 Å². The molecule has 0 bridgehead atoms. The van der Waals surface area contributed by atoms with Gasteiger partial charge in [-0.2, -0.15) is 0 Å². The van der Waals surface area contributed by atoms with Crippen LogP contribution in [0.4, 0.5) is 32.3 Å². The molecule has 170 valence electrons. The maximum Gasteiger partial charge on any atom is 0.340 e. The van der Waals surface area contributed by atoms with Gasteiger partial charge in [-0.1, -0.05) is 0 Å². The van der Waals surface area contributed by atoms with E-state index in [2.05, 4.69) is 4.90 Å². The molecule has 12 nitrogen and oxygen atoms in total. The van der Waals surface area contributed by atoms with Crippen molar-refractivity contribution in [3.8, 4) is 0 Å². The Hall–Kier alpha value is -4.06. The van der Waals surface area contributed by atoms with Crippen LogP contribution >= 0.6 is 0 Å². The minimum atomic E-state index is -0.986. The highest BCUT2D eigenvalue weighted by Gasteiger charge is 2.61. The van der Waals surface area contributed by atoms with Gasteiger partial charge in [0, 0.05) is 56.0 Å². The van der Waals surface area contributed by atoms with E-state index in [-0.39, 0.29) is 17.1 Å². The first kappa shape index (κ1) is 20.8. The lowest BCUT2D eigenvalue weighted by Gasteiger charge is -2.59. The second kappa shape index (κ2) is 7.52. The lowest BCUT2D eigenvalue weighted by molar-refractivity contribution is -0.385. The lowest BCUT2D eigenvalue weighted by Crippen LogP contribution is -2.80. The van der Waals surface area contributed by atoms with Crippen LogP contribution in [0.3, 0.4) is 0 Å². The highest BCUT2D eigenvalue weighted by Crippen LogP contribution is 2.46. The summed E-state index contributed by atoms with van der Waals surface area (Å²) in [6.07, 6.45) is 2.08. The number of benzene rings is 2. The number of amides is 4. The third-order valence-corrected chi connectivity index (χ3v) is 6.49. The van der Waals surface area contributed by atoms with E-state index in [0.29, 0.717) is 18.7 Å². The van der Waals surface area contributed by atoms with Gasteiger partial charge in [0.2, 0.25) is 0 Å². The van der Waals surface area contributed by atoms with Gasteiger partial charge in [-0.15, -0.1) is 0 Å². The van der Waals surface area contributed by atoms with Crippen LogP contribution in [0.15, 0.2) is 48.5 Å². The highest BCUT2D eigenvalue weighted by molar-refractivity contribution is 6.21. The Morgan fingerprint density at radius 1 is 0.727 bits per heavy atom. The van der Waals surface area contributed by atoms with Gasteiger partial charge in [0.15, 0.2) is 5.79 Å². The van der Waals surface area contributed by atoms with Crippen molar-refractivity contribution in [2.45, 2.75) is 25.0 Å². The molecule has 3 aliphatic heterocycles. The minimum Gasteiger partial charge on any atom is -0.287 e. The number of carbonyl (C=O) groups excluding carboxylic acids is 2. The van der Waals surface area contributed by atoms with Crippen LogP contribution in [-0.4, -0.2) is 57.1 Å². The van der Waals surface area contributed by atoms with Gasteiger partial charge >= 0.3 is 12.1 Å². The molecule has 0 aromatic heterocycles. The number of imide groups is 1. The number of non-ortho nitro benzene ring substituents is 2. The third kappa shape index (κ3) is 3.02. The van der Waals surface area contributed by atoms with Crippen molar-refractivity contribution in [3.05, 3.63) is 68.8 Å². The first-order valence-corrected chi connectivity index (χ1v) is 10.5. The number of nitro benzene ring substituents is 2. The van der Waals surface area contributed by atoms with Gasteiger partial charge in [0.1, 0.15) is 0 Å². The zero-order valence-corrected chi connectivity index (χ0v) is 17.5. The van der Waals surface area contributed by atoms with Crippen LogP contribution in [0.2, 0.25) is 0 Å². The predicted molar refractivity (Wildman–Crippen MR) is 117 cm³/mol. The van der Waals surface area contributed by atoms with Crippen LogP contribution in [0.5, 0.6) is 0 Å². The molecular weight excluding hydrogens is 432 g/mol. The number of hydrogen-bond donors (Lipinski definition) is 0. The first-order chi connectivity index (χ1) is 15.8. The van der Waals surface area contributed by atoms with E-state index in [1.807, 2.05) is 0 Å². The summed E-state index contributed by atoms with van der Waals surface area (Å²) in [5.74, 6) is -0.986. The standard InChI is InChI=1S/C21H20N6O6/c28-19-23-14-2-13-22-12-1-11-21(22,23)25(16-5-9-18(10-6-16)27(32)33)20(29)24(19)15-3-7-17(8-4-15)26(30)31/h3-10H,1-2,11-14H2. The van der Waals surface area contributed by atoms with Gasteiger partial charge < -0.3 is 0 Å². The normalized spacial score (nSPS) is 22.8. The zero-order chi connectivity index (χ0) is 23.3. The van der Waals surface area contributed by atoms with Gasteiger partial charge in [0.25, 0.3) is 11.4 Å². The summed E-state index contributed by atoms with van der Waals surface area (Å²) in [6.45, 7) is 1.88. The van der Waals surface area contributed by atoms with Gasteiger partial charge in [-0.05, 0) is 37.1 Å². The molecule has 2 aromatic rings. The van der Waals surface area contributed by atoms with Crippen LogP contribution in [0.25, 0.3) is 0 Å². The van der Waals surface area contributed by atoms with E-state index in [1.54, 1.807) is 4.90 Å². The van der Waals surface area contributed by atoms with Crippen molar-refractivity contribution in [1.82, 2.24) is 9.80 Å². The summed E-state index contributed by atoms with van der Waals surface area (Å²) >= 11 is 0. The molecular formula is C21H20N6O6. The Morgan fingerprint density at radius 3 is 1.85 bits per heavy atom. The maximum atomic E-state index is 13.9. The summed E-state index contributed by atoms with van der Waals surface area (Å²) in [5, 5.41) is 22.2. The maximum absolute atomic E-state index is 13.9. The number of urea groups is 2. The monoisotopic (exact) mass is 452 g/mol. The smallest absolute Gasteiger partial charge is 0.287 e. The summed E-state index contributed by atoms with van der Waals surface area (Å²) in [6, 6.07) is 9.83. The average Bonchev–Trinajstić information content (AvgIpc) is 3.23. The zero-order valence-electron chi connectivity index (χ0n) is 17.5. The van der Waals surface area contributed by atoms with Crippen LogP contribution < -0.4 is 9.80 Å². The van der Waals surface area contributed by atoms with Crippen LogP contribution in [0, 0.1) is 20.2 Å². The van der Waals surface area contributed by atoms with Gasteiger partial charge in [-0.25, -0.2) is 14.5 Å². The van der Waals surface area contributed by atoms with Gasteiger partial charge in [0.05, 0.1) is 15.5 Å². The molecule has 1 unspecified atom stereocenters. The van der Waals surface area contributed by atoms with E-state index in [0.717, 1.165) is 30.8 Å². The molecule has 1 atom stereocenters. The fraction of sp³-hybridized carbons (Fsp3) is 0.333. The van der Waals surface area contributed by atoms with Crippen molar-refractivity contribution >= 4 is 34.8 Å². The van der Waals surface area contributed by atoms with Crippen molar-refractivity contribution < 1.29 is 19.4 Å². The Bertz CT molecular complexity index is 1150. The Labute approximate surface area is 187 Å². The van der Waals surface area contributed by atoms with Gasteiger partial charge in [-0.3, -0.25) is 34.9 Å². The lowest BCUT2D eigenvalue weighted by atomic mass is 10.0. The molecule has 0 saturated carbocycles. The molecule has 4 amide bonds. The number of hydrogen-bond acceptors (Lipinski definition) is 7. The number of nitrogens with zero attached hydrogens (tertiary/aromatic N) is 6. The number of rotatable bonds is 4. The van der Waals surface area contributed by atoms with E-state index in [9.17, 15) is 29.8 Å². The van der Waals surface area contributed by atoms with Crippen molar-refractivity contribution in [2.24, 2.45) is 0 Å². The van der Waals surface area contributed by atoms with Crippen LogP contribution in [-0.2, 0) is 0 Å². The fourth-order valence-electron chi connectivity index (χ4n) is 5.10. The van der Waals surface area contributed by atoms with E-state index >= 15 is 0 Å². The SMILES string of the molecule is O=C1N(c2ccc([N+](=O)[O-])cc2)C(=O)N(c2ccc([N+](=O)[O-])cc2)C23CCCN2CCCN13. The average molecular weight is 452 g/mol. The first-order valence-electron chi connectivity index (χ1n) is 10.5. The molecule has 33 heavy (non-hydrogen) atoms. The largest absolute Gasteiger partial charge is 0.340 e. The fourth-order valence-corrected chi connectivity index (χ4v) is 5.10. The molecule has 0 radical (unpaired) electrons. The van der Waals surface area contributed by atoms with Crippen molar-refractivity contribution in [2.75, 3.05) is 29.4 Å². The third-order valence-electron chi connectivity index (χ3n) is 6.49. The quantitative estimate of drug-likeness (QED) is 0.512. The number of carbonyl (C=O) groups is 2. The summed E-state index contributed by atoms with van der Waals surface area (Å²) < 4.78 is 0. The minimum absolute atomic E-state index is 0.104. The molecule has 3 saturated heterocycles. The molecule has 1 spiro atoms. The summed E-state index contributed by atoms with van der Waals surface area (Å²) in [7, 11) is 0. The predicted octanol–water partition coefficient (Wildman–Crippen LogP) is 3.52. The molecule has 2 aromatic carbocycles. The van der Waals surface area contributed by atoms with Crippen molar-refractivity contribution in [1.29, 1.82) is 0 Å².